The fraction of sp³-hybridized carbons (Fsp3) is 0.625. The fourth-order valence-electron chi connectivity index (χ4n) is 5.76. The number of rotatable bonds is 6. The fourth-order valence-corrected chi connectivity index (χ4v) is 5.76. The van der Waals surface area contributed by atoms with Gasteiger partial charge in [-0.1, -0.05) is 36.4 Å². The Hall–Kier alpha value is -1.73. The first-order valence-corrected chi connectivity index (χ1v) is 11.0. The number of esters is 1. The van der Waals surface area contributed by atoms with Gasteiger partial charge in [0.2, 0.25) is 0 Å². The Morgan fingerprint density at radius 3 is 2.77 bits per heavy atom. The molecule has 4 aliphatic rings. The molecule has 6 heteroatoms. The summed E-state index contributed by atoms with van der Waals surface area (Å²) in [5.41, 5.74) is 0.598. The first-order chi connectivity index (χ1) is 14.4. The standard InChI is InChI=1S/C24H30O6/c1-4-26-18(25)11-10-16-12-17-13-24(27-14-15-8-6-5-7-9-15)20(19(16)17)28-22-21(24)29-23(2,3)30-22/h5-11,16-17,19-22H,4,12-14H2,1-3H3/b11-10+/t16?,17-,19-,20-,21+,22-,24-/m1/s1. The lowest BCUT2D eigenvalue weighted by atomic mass is 9.66. The number of benzene rings is 1. The van der Waals surface area contributed by atoms with Crippen molar-refractivity contribution in [3.05, 3.63) is 48.0 Å². The van der Waals surface area contributed by atoms with Gasteiger partial charge in [-0.15, -0.1) is 0 Å². The summed E-state index contributed by atoms with van der Waals surface area (Å²) in [7, 11) is 0. The highest BCUT2D eigenvalue weighted by molar-refractivity contribution is 5.81. The molecule has 162 valence electrons. The van der Waals surface area contributed by atoms with Gasteiger partial charge in [0.1, 0.15) is 11.7 Å². The van der Waals surface area contributed by atoms with E-state index < -0.39 is 17.7 Å². The van der Waals surface area contributed by atoms with Crippen molar-refractivity contribution >= 4 is 5.97 Å². The van der Waals surface area contributed by atoms with E-state index >= 15 is 0 Å². The van der Waals surface area contributed by atoms with Crippen molar-refractivity contribution in [2.45, 2.75) is 70.1 Å². The zero-order valence-electron chi connectivity index (χ0n) is 17.8. The number of hydrogen-bond donors (Lipinski definition) is 0. The number of fused-ring (bicyclic) bond motifs is 5. The van der Waals surface area contributed by atoms with Gasteiger partial charge in [0.15, 0.2) is 12.1 Å². The summed E-state index contributed by atoms with van der Waals surface area (Å²) >= 11 is 0. The van der Waals surface area contributed by atoms with Crippen molar-refractivity contribution in [1.29, 1.82) is 0 Å². The van der Waals surface area contributed by atoms with Crippen LogP contribution in [-0.2, 0) is 35.1 Å². The Labute approximate surface area is 177 Å². The highest BCUT2D eigenvalue weighted by Crippen LogP contribution is 2.63. The second-order valence-electron chi connectivity index (χ2n) is 9.26. The molecule has 0 spiro atoms. The second kappa shape index (κ2) is 7.45. The third kappa shape index (κ3) is 3.30. The predicted octanol–water partition coefficient (Wildman–Crippen LogP) is 3.59. The average Bonchev–Trinajstić information content (AvgIpc) is 3.23. The van der Waals surface area contributed by atoms with Gasteiger partial charge >= 0.3 is 5.97 Å². The first-order valence-electron chi connectivity index (χ1n) is 11.0. The minimum absolute atomic E-state index is 0.108. The summed E-state index contributed by atoms with van der Waals surface area (Å²) in [4.78, 5) is 11.8. The molecule has 1 aromatic carbocycles. The van der Waals surface area contributed by atoms with Gasteiger partial charge in [-0.25, -0.2) is 4.79 Å². The molecule has 5 rings (SSSR count). The molecule has 1 unspecified atom stereocenters. The molecule has 6 nitrogen and oxygen atoms in total. The molecule has 2 aliphatic carbocycles. The molecule has 2 aliphatic heterocycles. The van der Waals surface area contributed by atoms with Crippen LogP contribution in [0.5, 0.6) is 0 Å². The average molecular weight is 414 g/mol. The maximum absolute atomic E-state index is 11.8. The largest absolute Gasteiger partial charge is 0.463 e. The predicted molar refractivity (Wildman–Crippen MR) is 108 cm³/mol. The van der Waals surface area contributed by atoms with Crippen LogP contribution in [0.3, 0.4) is 0 Å². The number of carbonyl (C=O) groups is 1. The van der Waals surface area contributed by atoms with E-state index in [0.717, 1.165) is 18.4 Å². The summed E-state index contributed by atoms with van der Waals surface area (Å²) < 4.78 is 30.5. The van der Waals surface area contributed by atoms with Crippen molar-refractivity contribution in [2.75, 3.05) is 6.61 Å². The van der Waals surface area contributed by atoms with Gasteiger partial charge in [0, 0.05) is 6.08 Å². The van der Waals surface area contributed by atoms with Gasteiger partial charge in [0.05, 0.1) is 19.3 Å². The van der Waals surface area contributed by atoms with E-state index in [1.807, 2.05) is 45.0 Å². The number of allylic oxidation sites excluding steroid dienone is 1. The van der Waals surface area contributed by atoms with E-state index in [4.69, 9.17) is 23.7 Å². The molecular weight excluding hydrogens is 384 g/mol. The summed E-state index contributed by atoms with van der Waals surface area (Å²) in [6, 6.07) is 10.2. The zero-order chi connectivity index (χ0) is 20.9. The second-order valence-corrected chi connectivity index (χ2v) is 9.26. The Balaban J connectivity index is 1.37. The van der Waals surface area contributed by atoms with E-state index in [2.05, 4.69) is 12.1 Å². The van der Waals surface area contributed by atoms with Crippen LogP contribution in [0.4, 0.5) is 0 Å². The van der Waals surface area contributed by atoms with Crippen molar-refractivity contribution in [3.63, 3.8) is 0 Å². The molecule has 0 N–H and O–H groups in total. The summed E-state index contributed by atoms with van der Waals surface area (Å²) in [6.07, 6.45) is 4.68. The normalized spacial score (nSPS) is 40.6. The van der Waals surface area contributed by atoms with Crippen LogP contribution in [0.2, 0.25) is 0 Å². The van der Waals surface area contributed by atoms with Crippen molar-refractivity contribution in [2.24, 2.45) is 17.8 Å². The molecule has 30 heavy (non-hydrogen) atoms. The lowest BCUT2D eigenvalue weighted by molar-refractivity contribution is -0.239. The van der Waals surface area contributed by atoms with Crippen LogP contribution >= 0.6 is 0 Å². The van der Waals surface area contributed by atoms with Crippen molar-refractivity contribution in [1.82, 2.24) is 0 Å². The summed E-state index contributed by atoms with van der Waals surface area (Å²) in [5.74, 6) is 0.0960. The summed E-state index contributed by atoms with van der Waals surface area (Å²) in [5, 5.41) is 0. The first kappa shape index (κ1) is 20.2. The van der Waals surface area contributed by atoms with Gasteiger partial charge in [-0.05, 0) is 56.9 Å². The number of hydrogen-bond acceptors (Lipinski definition) is 6. The highest BCUT2D eigenvalue weighted by atomic mass is 16.8. The minimum atomic E-state index is -0.686. The maximum atomic E-state index is 11.8. The van der Waals surface area contributed by atoms with Crippen LogP contribution in [0.1, 0.15) is 39.2 Å². The SMILES string of the molecule is CCOC(=O)/C=C/C1C[C@@H]2C[C@@]3(OCc4ccccc4)[C@H](O[C@@H]4OC(C)(C)O[C@@H]43)[C@H]12. The highest BCUT2D eigenvalue weighted by Gasteiger charge is 2.73. The molecule has 0 amide bonds. The topological polar surface area (TPSA) is 63.2 Å². The van der Waals surface area contributed by atoms with Crippen LogP contribution in [0, 0.1) is 17.8 Å². The molecule has 2 heterocycles. The van der Waals surface area contributed by atoms with E-state index in [1.54, 1.807) is 6.08 Å². The Kier molecular flexibility index (Phi) is 5.01. The van der Waals surface area contributed by atoms with Crippen LogP contribution in [0.25, 0.3) is 0 Å². The maximum Gasteiger partial charge on any atom is 0.330 e. The molecule has 0 radical (unpaired) electrons. The van der Waals surface area contributed by atoms with Crippen LogP contribution < -0.4 is 0 Å². The van der Waals surface area contributed by atoms with Crippen LogP contribution in [0.15, 0.2) is 42.5 Å². The third-order valence-corrected chi connectivity index (χ3v) is 6.96. The minimum Gasteiger partial charge on any atom is -0.463 e. The van der Waals surface area contributed by atoms with Gasteiger partial charge < -0.3 is 23.7 Å². The van der Waals surface area contributed by atoms with E-state index in [0.29, 0.717) is 25.0 Å². The molecule has 2 saturated carbocycles. The zero-order valence-corrected chi connectivity index (χ0v) is 17.8. The Morgan fingerprint density at radius 1 is 1.20 bits per heavy atom. The lowest BCUT2D eigenvalue weighted by Gasteiger charge is -2.41. The lowest BCUT2D eigenvalue weighted by Crippen LogP contribution is -2.49. The summed E-state index contributed by atoms with van der Waals surface area (Å²) in [6.45, 7) is 6.55. The van der Waals surface area contributed by atoms with Crippen molar-refractivity contribution in [3.8, 4) is 0 Å². The molecule has 1 aromatic rings. The molecule has 2 saturated heterocycles. The van der Waals surface area contributed by atoms with E-state index in [9.17, 15) is 4.79 Å². The number of ether oxygens (including phenoxy) is 5. The molecule has 0 bridgehead atoms. The van der Waals surface area contributed by atoms with Gasteiger partial charge in [-0.2, -0.15) is 0 Å². The van der Waals surface area contributed by atoms with Crippen LogP contribution in [-0.4, -0.2) is 42.5 Å². The quantitative estimate of drug-likeness (QED) is 0.524. The third-order valence-electron chi connectivity index (χ3n) is 6.96. The van der Waals surface area contributed by atoms with Gasteiger partial charge in [0.25, 0.3) is 0 Å². The van der Waals surface area contributed by atoms with Gasteiger partial charge in [-0.3, -0.25) is 0 Å². The Bertz CT molecular complexity index is 820. The monoisotopic (exact) mass is 414 g/mol. The molecule has 4 fully saturated rings. The van der Waals surface area contributed by atoms with E-state index in [-0.39, 0.29) is 24.1 Å². The number of carbonyl (C=O) groups excluding carboxylic acids is 1. The van der Waals surface area contributed by atoms with E-state index in [1.165, 1.54) is 0 Å². The molecular formula is C24H30O6. The van der Waals surface area contributed by atoms with Crippen molar-refractivity contribution < 1.29 is 28.5 Å². The smallest absolute Gasteiger partial charge is 0.330 e. The molecule has 7 atom stereocenters. The molecule has 0 aromatic heterocycles. The Morgan fingerprint density at radius 2 is 2.00 bits per heavy atom.